The molecule has 1 aromatic heterocycles. The Labute approximate surface area is 169 Å². The number of likely N-dealkylation sites (tertiary alicyclic amines) is 1. The van der Waals surface area contributed by atoms with Crippen LogP contribution >= 0.6 is 0 Å². The van der Waals surface area contributed by atoms with E-state index in [0.717, 1.165) is 24.7 Å². The van der Waals surface area contributed by atoms with Crippen molar-refractivity contribution in [2.24, 2.45) is 0 Å². The third kappa shape index (κ3) is 4.11. The van der Waals surface area contributed by atoms with Crippen LogP contribution in [0.3, 0.4) is 0 Å². The first-order valence-corrected chi connectivity index (χ1v) is 11.6. The van der Waals surface area contributed by atoms with Gasteiger partial charge in [-0.15, -0.1) is 0 Å². The average molecular weight is 417 g/mol. The molecular weight excluding hydrogens is 392 g/mol. The van der Waals surface area contributed by atoms with Gasteiger partial charge in [-0.25, -0.2) is 13.4 Å². The molecule has 1 saturated heterocycles. The van der Waals surface area contributed by atoms with Crippen LogP contribution in [0.2, 0.25) is 0 Å². The van der Waals surface area contributed by atoms with Gasteiger partial charge in [-0.05, 0) is 24.8 Å². The molecule has 154 valence electrons. The smallest absolute Gasteiger partial charge is 0.254 e. The lowest BCUT2D eigenvalue weighted by molar-refractivity contribution is -0.131. The lowest BCUT2D eigenvalue weighted by Crippen LogP contribution is -2.40. The number of fused-ring (bicyclic) bond motifs is 1. The summed E-state index contributed by atoms with van der Waals surface area (Å²) in [5, 5.41) is 0. The van der Waals surface area contributed by atoms with Crippen molar-refractivity contribution in [3.8, 4) is 0 Å². The third-order valence-electron chi connectivity index (χ3n) is 5.61. The van der Waals surface area contributed by atoms with Crippen LogP contribution in [0.25, 0.3) is 0 Å². The molecule has 3 heterocycles. The fraction of sp³-hybridized carbons (Fsp3) is 0.450. The van der Waals surface area contributed by atoms with Crippen LogP contribution in [0, 0.1) is 0 Å². The van der Waals surface area contributed by atoms with E-state index in [4.69, 9.17) is 0 Å². The zero-order chi connectivity index (χ0) is 20.6. The van der Waals surface area contributed by atoms with Crippen LogP contribution in [-0.2, 0) is 34.2 Å². The fourth-order valence-corrected chi connectivity index (χ4v) is 4.88. The molecule has 0 aliphatic carbocycles. The number of aromatic nitrogens is 2. The van der Waals surface area contributed by atoms with Gasteiger partial charge in [0.2, 0.25) is 15.9 Å². The minimum atomic E-state index is -3.36. The molecule has 1 aromatic carbocycles. The van der Waals surface area contributed by atoms with E-state index in [2.05, 4.69) is 9.97 Å². The van der Waals surface area contributed by atoms with Crippen LogP contribution in [0.15, 0.2) is 35.1 Å². The Morgan fingerprint density at radius 1 is 1.24 bits per heavy atom. The Hall–Kier alpha value is -2.52. The van der Waals surface area contributed by atoms with Crippen molar-refractivity contribution in [2.45, 2.75) is 38.3 Å². The number of rotatable bonds is 4. The lowest BCUT2D eigenvalue weighted by atomic mass is 10.1. The summed E-state index contributed by atoms with van der Waals surface area (Å²) < 4.78 is 25.1. The van der Waals surface area contributed by atoms with Crippen molar-refractivity contribution in [3.05, 3.63) is 63.3 Å². The van der Waals surface area contributed by atoms with Gasteiger partial charge < -0.3 is 9.88 Å². The molecule has 0 bridgehead atoms. The van der Waals surface area contributed by atoms with E-state index in [-0.39, 0.29) is 30.6 Å². The highest BCUT2D eigenvalue weighted by Crippen LogP contribution is 2.31. The third-order valence-corrected chi connectivity index (χ3v) is 6.86. The molecule has 8 nitrogen and oxygen atoms in total. The van der Waals surface area contributed by atoms with E-state index in [1.807, 2.05) is 30.3 Å². The van der Waals surface area contributed by atoms with E-state index < -0.39 is 10.0 Å². The number of nitrogens with one attached hydrogen (secondary N) is 1. The van der Waals surface area contributed by atoms with E-state index in [1.54, 1.807) is 4.90 Å². The fourth-order valence-electron chi connectivity index (χ4n) is 4.10. The number of sulfonamides is 1. The van der Waals surface area contributed by atoms with Crippen molar-refractivity contribution in [2.75, 3.05) is 19.3 Å². The van der Waals surface area contributed by atoms with Gasteiger partial charge in [0.05, 0.1) is 31.0 Å². The van der Waals surface area contributed by atoms with Gasteiger partial charge in [0.15, 0.2) is 0 Å². The number of carbonyl (C=O) groups is 1. The zero-order valence-electron chi connectivity index (χ0n) is 16.3. The Bertz CT molecular complexity index is 1080. The number of hydrogen-bond donors (Lipinski definition) is 1. The van der Waals surface area contributed by atoms with Crippen LogP contribution in [-0.4, -0.2) is 52.8 Å². The van der Waals surface area contributed by atoms with E-state index in [0.29, 0.717) is 36.5 Å². The van der Waals surface area contributed by atoms with Crippen molar-refractivity contribution < 1.29 is 13.2 Å². The van der Waals surface area contributed by atoms with E-state index in [9.17, 15) is 18.0 Å². The predicted octanol–water partition coefficient (Wildman–Crippen LogP) is 0.994. The first-order chi connectivity index (χ1) is 13.8. The van der Waals surface area contributed by atoms with Gasteiger partial charge in [-0.3, -0.25) is 9.59 Å². The molecule has 1 N–H and O–H groups in total. The molecule has 2 aliphatic rings. The van der Waals surface area contributed by atoms with Gasteiger partial charge in [0, 0.05) is 18.7 Å². The molecule has 0 spiro atoms. The summed E-state index contributed by atoms with van der Waals surface area (Å²) in [6.45, 7) is 0.990. The molecule has 0 radical (unpaired) electrons. The Morgan fingerprint density at radius 3 is 2.72 bits per heavy atom. The standard InChI is InChI=1S/C20H24N4O4S/c1-29(27,28)23-11-9-15-16(13-23)21-19(22-20(15)26)17-8-5-10-24(17)18(25)12-14-6-3-2-4-7-14/h2-4,6-7,17H,5,8-13H2,1H3,(H,21,22,26). The zero-order valence-corrected chi connectivity index (χ0v) is 17.1. The molecule has 1 unspecified atom stereocenters. The largest absolute Gasteiger partial charge is 0.332 e. The molecular formula is C20H24N4O4S. The van der Waals surface area contributed by atoms with Gasteiger partial charge in [-0.1, -0.05) is 30.3 Å². The van der Waals surface area contributed by atoms with Crippen molar-refractivity contribution in [3.63, 3.8) is 0 Å². The van der Waals surface area contributed by atoms with Gasteiger partial charge in [-0.2, -0.15) is 4.31 Å². The van der Waals surface area contributed by atoms with Gasteiger partial charge in [0.25, 0.3) is 5.56 Å². The maximum Gasteiger partial charge on any atom is 0.254 e. The summed E-state index contributed by atoms with van der Waals surface area (Å²) in [6, 6.07) is 9.26. The number of amides is 1. The van der Waals surface area contributed by atoms with Crippen molar-refractivity contribution >= 4 is 15.9 Å². The highest BCUT2D eigenvalue weighted by Gasteiger charge is 2.33. The summed E-state index contributed by atoms with van der Waals surface area (Å²) in [4.78, 5) is 34.7. The molecule has 9 heteroatoms. The molecule has 0 saturated carbocycles. The molecule has 29 heavy (non-hydrogen) atoms. The monoisotopic (exact) mass is 416 g/mol. The second-order valence-electron chi connectivity index (χ2n) is 7.63. The summed E-state index contributed by atoms with van der Waals surface area (Å²) in [6.07, 6.45) is 3.35. The van der Waals surface area contributed by atoms with E-state index in [1.165, 1.54) is 4.31 Å². The molecule has 1 atom stereocenters. The summed E-state index contributed by atoms with van der Waals surface area (Å²) >= 11 is 0. The molecule has 1 fully saturated rings. The van der Waals surface area contributed by atoms with Crippen LogP contribution < -0.4 is 5.56 Å². The van der Waals surface area contributed by atoms with Gasteiger partial charge >= 0.3 is 0 Å². The van der Waals surface area contributed by atoms with Gasteiger partial charge in [0.1, 0.15) is 5.82 Å². The van der Waals surface area contributed by atoms with Crippen LogP contribution in [0.1, 0.15) is 41.5 Å². The maximum absolute atomic E-state index is 12.9. The predicted molar refractivity (Wildman–Crippen MR) is 108 cm³/mol. The van der Waals surface area contributed by atoms with Crippen LogP contribution in [0.5, 0.6) is 0 Å². The first-order valence-electron chi connectivity index (χ1n) is 9.73. The number of H-pyrrole nitrogens is 1. The number of nitrogens with zero attached hydrogens (tertiary/aromatic N) is 3. The summed E-state index contributed by atoms with van der Waals surface area (Å²) in [5.74, 6) is 0.444. The van der Waals surface area contributed by atoms with E-state index >= 15 is 0 Å². The quantitative estimate of drug-likeness (QED) is 0.801. The highest BCUT2D eigenvalue weighted by molar-refractivity contribution is 7.88. The number of benzene rings is 1. The lowest BCUT2D eigenvalue weighted by Gasteiger charge is -2.28. The first kappa shape index (κ1) is 19.8. The summed E-state index contributed by atoms with van der Waals surface area (Å²) in [5.41, 5.74) is 1.73. The topological polar surface area (TPSA) is 103 Å². The van der Waals surface area contributed by atoms with Crippen LogP contribution in [0.4, 0.5) is 0 Å². The Kier molecular flexibility index (Phi) is 5.26. The molecule has 4 rings (SSSR count). The number of carbonyl (C=O) groups excluding carboxylic acids is 1. The normalized spacial score (nSPS) is 19.9. The number of aromatic amines is 1. The minimum absolute atomic E-state index is 0.00293. The maximum atomic E-state index is 12.9. The molecule has 1 amide bonds. The Morgan fingerprint density at radius 2 is 2.00 bits per heavy atom. The molecule has 2 aromatic rings. The molecule has 2 aliphatic heterocycles. The average Bonchev–Trinajstić information content (AvgIpc) is 3.17. The minimum Gasteiger partial charge on any atom is -0.332 e. The van der Waals surface area contributed by atoms with Crippen molar-refractivity contribution in [1.29, 1.82) is 0 Å². The second kappa shape index (κ2) is 7.72. The SMILES string of the molecule is CS(=O)(=O)N1CCc2c(nc(C3CCCN3C(=O)Cc3ccccc3)[nH]c2=O)C1. The number of hydrogen-bond acceptors (Lipinski definition) is 5. The second-order valence-corrected chi connectivity index (χ2v) is 9.61. The highest BCUT2D eigenvalue weighted by atomic mass is 32.2. The summed E-state index contributed by atoms with van der Waals surface area (Å²) in [7, 11) is -3.36. The van der Waals surface area contributed by atoms with Crippen molar-refractivity contribution in [1.82, 2.24) is 19.2 Å². The Balaban J connectivity index is 1.60.